The maximum absolute atomic E-state index is 6.03. The molecule has 84 valence electrons. The Labute approximate surface area is 98.9 Å². The van der Waals surface area contributed by atoms with Gasteiger partial charge >= 0.3 is 0 Å². The van der Waals surface area contributed by atoms with Gasteiger partial charge in [0.1, 0.15) is 5.69 Å². The van der Waals surface area contributed by atoms with Crippen molar-refractivity contribution >= 4 is 11.0 Å². The molecule has 0 saturated carbocycles. The Balaban J connectivity index is 2.41. The Bertz CT molecular complexity index is 670. The van der Waals surface area contributed by atoms with Crippen molar-refractivity contribution in [1.82, 2.24) is 9.66 Å². The third-order valence-electron chi connectivity index (χ3n) is 2.96. The van der Waals surface area contributed by atoms with Crippen molar-refractivity contribution in [2.24, 2.45) is 0 Å². The number of rotatable bonds is 1. The number of hydrogen-bond acceptors (Lipinski definition) is 2. The van der Waals surface area contributed by atoms with Gasteiger partial charge in [0.2, 0.25) is 5.52 Å². The first-order valence-electron chi connectivity index (χ1n) is 5.46. The monoisotopic (exact) mass is 225 g/mol. The molecule has 0 fully saturated rings. The van der Waals surface area contributed by atoms with Crippen LogP contribution in [0.25, 0.3) is 16.7 Å². The summed E-state index contributed by atoms with van der Waals surface area (Å²) in [7, 11) is 0. The molecule has 0 aliphatic rings. The molecule has 2 heterocycles. The summed E-state index contributed by atoms with van der Waals surface area (Å²) >= 11 is 0. The van der Waals surface area contributed by atoms with Gasteiger partial charge in [0.05, 0.1) is 6.20 Å². The molecule has 17 heavy (non-hydrogen) atoms. The average Bonchev–Trinajstić information content (AvgIpc) is 2.64. The molecule has 3 rings (SSSR count). The van der Waals surface area contributed by atoms with Crippen LogP contribution in [0.2, 0.25) is 0 Å². The Hall–Kier alpha value is -2.36. The smallest absolute Gasteiger partial charge is 0.268 e. The van der Waals surface area contributed by atoms with Gasteiger partial charge < -0.3 is 0 Å². The third kappa shape index (κ3) is 1.38. The molecular formula is C13H13N4+. The van der Waals surface area contributed by atoms with Gasteiger partial charge in [-0.3, -0.25) is 10.8 Å². The number of aromatic nitrogens is 3. The van der Waals surface area contributed by atoms with Crippen molar-refractivity contribution in [3.63, 3.8) is 0 Å². The standard InChI is InChI=1S/C13H13N4/c1-10-16(11-5-3-2-4-6-11)12-7-8-15-9-13(12)17(10)14/h2-9H,14H2,1H3/q+1. The lowest BCUT2D eigenvalue weighted by Gasteiger charge is -1.98. The first-order chi connectivity index (χ1) is 8.29. The molecule has 2 N–H and O–H groups in total. The summed E-state index contributed by atoms with van der Waals surface area (Å²) in [6.45, 7) is 1.99. The molecule has 3 aromatic rings. The largest absolute Gasteiger partial charge is 0.282 e. The lowest BCUT2D eigenvalue weighted by molar-refractivity contribution is -0.575. The van der Waals surface area contributed by atoms with E-state index in [-0.39, 0.29) is 0 Å². The van der Waals surface area contributed by atoms with Gasteiger partial charge in [-0.25, -0.2) is 0 Å². The van der Waals surface area contributed by atoms with Crippen molar-refractivity contribution in [3.8, 4) is 5.69 Å². The molecule has 4 nitrogen and oxygen atoms in total. The van der Waals surface area contributed by atoms with Crippen LogP contribution >= 0.6 is 0 Å². The predicted molar refractivity (Wildman–Crippen MR) is 66.2 cm³/mol. The second-order valence-corrected chi connectivity index (χ2v) is 3.95. The van der Waals surface area contributed by atoms with Gasteiger partial charge in [-0.05, 0) is 12.1 Å². The van der Waals surface area contributed by atoms with Crippen LogP contribution in [-0.2, 0) is 0 Å². The van der Waals surface area contributed by atoms with Crippen LogP contribution in [-0.4, -0.2) is 9.66 Å². The van der Waals surface area contributed by atoms with Crippen molar-refractivity contribution < 1.29 is 4.57 Å². The van der Waals surface area contributed by atoms with E-state index in [2.05, 4.69) is 21.7 Å². The Morgan fingerprint density at radius 3 is 2.71 bits per heavy atom. The second-order valence-electron chi connectivity index (χ2n) is 3.95. The highest BCUT2D eigenvalue weighted by Crippen LogP contribution is 2.12. The van der Waals surface area contributed by atoms with E-state index < -0.39 is 0 Å². The summed E-state index contributed by atoms with van der Waals surface area (Å²) in [5.41, 5.74) is 3.09. The molecule has 0 spiro atoms. The molecule has 1 aromatic carbocycles. The lowest BCUT2D eigenvalue weighted by Crippen LogP contribution is -2.34. The zero-order chi connectivity index (χ0) is 11.8. The Morgan fingerprint density at radius 1 is 1.18 bits per heavy atom. The van der Waals surface area contributed by atoms with Crippen molar-refractivity contribution in [2.75, 3.05) is 5.84 Å². The minimum Gasteiger partial charge on any atom is -0.268 e. The Kier molecular flexibility index (Phi) is 2.08. The minimum atomic E-state index is 0.925. The Morgan fingerprint density at radius 2 is 1.94 bits per heavy atom. The fourth-order valence-electron chi connectivity index (χ4n) is 2.11. The van der Waals surface area contributed by atoms with Crippen molar-refractivity contribution in [1.29, 1.82) is 0 Å². The molecule has 0 unspecified atom stereocenters. The van der Waals surface area contributed by atoms with Crippen LogP contribution in [0.15, 0.2) is 48.8 Å². The SMILES string of the molecule is Cc1n(N)c2cnccc2[n+]1-c1ccccc1. The number of fused-ring (bicyclic) bond motifs is 1. The van der Waals surface area contributed by atoms with E-state index in [0.29, 0.717) is 0 Å². The number of nitrogens with two attached hydrogens (primary N) is 1. The first-order valence-corrected chi connectivity index (χ1v) is 5.46. The van der Waals surface area contributed by atoms with Crippen molar-refractivity contribution in [3.05, 3.63) is 54.6 Å². The zero-order valence-electron chi connectivity index (χ0n) is 9.54. The van der Waals surface area contributed by atoms with Crippen LogP contribution < -0.4 is 10.4 Å². The number of nitrogen functional groups attached to an aromatic ring is 1. The maximum atomic E-state index is 6.03. The number of para-hydroxylation sites is 1. The maximum Gasteiger partial charge on any atom is 0.282 e. The summed E-state index contributed by atoms with van der Waals surface area (Å²) in [5.74, 6) is 7.00. The van der Waals surface area contributed by atoms with E-state index in [4.69, 9.17) is 5.84 Å². The van der Waals surface area contributed by atoms with Gasteiger partial charge in [0, 0.05) is 19.2 Å². The van der Waals surface area contributed by atoms with E-state index in [1.54, 1.807) is 17.1 Å². The molecule has 0 atom stereocenters. The molecule has 0 aliphatic heterocycles. The van der Waals surface area contributed by atoms with E-state index in [9.17, 15) is 0 Å². The molecule has 0 aliphatic carbocycles. The summed E-state index contributed by atoms with van der Waals surface area (Å²) in [4.78, 5) is 4.11. The second kappa shape index (κ2) is 3.59. The predicted octanol–water partition coefficient (Wildman–Crippen LogP) is 1.34. The van der Waals surface area contributed by atoms with Gasteiger partial charge in [0.25, 0.3) is 5.82 Å². The highest BCUT2D eigenvalue weighted by Gasteiger charge is 2.21. The van der Waals surface area contributed by atoms with Gasteiger partial charge in [-0.1, -0.05) is 18.2 Å². The van der Waals surface area contributed by atoms with E-state index in [1.165, 1.54) is 0 Å². The topological polar surface area (TPSA) is 47.7 Å². The third-order valence-corrected chi connectivity index (χ3v) is 2.96. The van der Waals surface area contributed by atoms with Crippen LogP contribution in [0.1, 0.15) is 5.82 Å². The highest BCUT2D eigenvalue weighted by atomic mass is 15.4. The van der Waals surface area contributed by atoms with Crippen LogP contribution in [0.5, 0.6) is 0 Å². The number of benzene rings is 1. The summed E-state index contributed by atoms with van der Waals surface area (Å²) in [6, 6.07) is 12.1. The van der Waals surface area contributed by atoms with Gasteiger partial charge in [-0.2, -0.15) is 4.57 Å². The fourth-order valence-corrected chi connectivity index (χ4v) is 2.11. The van der Waals surface area contributed by atoms with Gasteiger partial charge in [0.15, 0.2) is 5.52 Å². The van der Waals surface area contributed by atoms with E-state index in [0.717, 1.165) is 22.5 Å². The molecule has 2 aromatic heterocycles. The van der Waals surface area contributed by atoms with E-state index >= 15 is 0 Å². The van der Waals surface area contributed by atoms with Crippen LogP contribution in [0, 0.1) is 6.92 Å². The van der Waals surface area contributed by atoms with E-state index in [1.807, 2.05) is 31.2 Å². The van der Waals surface area contributed by atoms with Crippen LogP contribution in [0.3, 0.4) is 0 Å². The minimum absolute atomic E-state index is 0.925. The molecule has 0 amide bonds. The summed E-state index contributed by atoms with van der Waals surface area (Å²) in [5, 5.41) is 0. The van der Waals surface area contributed by atoms with Gasteiger partial charge in [-0.15, -0.1) is 4.68 Å². The zero-order valence-corrected chi connectivity index (χ0v) is 9.54. The first kappa shape index (κ1) is 9.84. The summed E-state index contributed by atoms with van der Waals surface area (Å²) in [6.07, 6.45) is 3.56. The molecule has 0 saturated heterocycles. The number of pyridine rings is 1. The molecule has 4 heteroatoms. The summed E-state index contributed by atoms with van der Waals surface area (Å²) < 4.78 is 3.78. The number of hydrogen-bond donors (Lipinski definition) is 1. The highest BCUT2D eigenvalue weighted by molar-refractivity contribution is 5.71. The average molecular weight is 225 g/mol. The fraction of sp³-hybridized carbons (Fsp3) is 0.0769. The van der Waals surface area contributed by atoms with Crippen molar-refractivity contribution in [2.45, 2.75) is 6.92 Å². The number of imidazole rings is 1. The quantitative estimate of drug-likeness (QED) is 0.502. The molecule has 0 bridgehead atoms. The number of nitrogens with zero attached hydrogens (tertiary/aromatic N) is 3. The van der Waals surface area contributed by atoms with Crippen LogP contribution in [0.4, 0.5) is 0 Å². The normalized spacial score (nSPS) is 10.9. The molecule has 0 radical (unpaired) electrons. The lowest BCUT2D eigenvalue weighted by atomic mass is 10.3. The molecular weight excluding hydrogens is 212 g/mol.